The molecule has 1 saturated heterocycles. The van der Waals surface area contributed by atoms with Gasteiger partial charge in [-0.15, -0.1) is 0 Å². The van der Waals surface area contributed by atoms with E-state index in [9.17, 15) is 9.18 Å². The number of hydrogen-bond donors (Lipinski definition) is 4. The van der Waals surface area contributed by atoms with E-state index in [2.05, 4.69) is 20.5 Å². The molecule has 1 aliphatic carbocycles. The lowest BCUT2D eigenvalue weighted by atomic mass is 10.0. The molecule has 1 aliphatic heterocycles. The second-order valence-corrected chi connectivity index (χ2v) is 9.77. The summed E-state index contributed by atoms with van der Waals surface area (Å²) in [5, 5.41) is 12.0. The van der Waals surface area contributed by atoms with Crippen LogP contribution in [0.4, 0.5) is 27.5 Å². The fraction of sp³-hybridized carbons (Fsp3) is 0.480. The first-order chi connectivity index (χ1) is 17.3. The van der Waals surface area contributed by atoms with Crippen molar-refractivity contribution in [2.75, 3.05) is 41.8 Å². The van der Waals surface area contributed by atoms with Crippen LogP contribution in [0.15, 0.2) is 24.3 Å². The van der Waals surface area contributed by atoms with Crippen LogP contribution in [0.5, 0.6) is 0 Å². The Labute approximate surface area is 209 Å². The van der Waals surface area contributed by atoms with Crippen molar-refractivity contribution in [1.29, 1.82) is 0 Å². The number of primary amides is 1. The van der Waals surface area contributed by atoms with Crippen LogP contribution in [-0.4, -0.2) is 59.1 Å². The smallest absolute Gasteiger partial charge is 0.252 e. The lowest BCUT2D eigenvalue weighted by Crippen LogP contribution is -2.39. The van der Waals surface area contributed by atoms with Gasteiger partial charge in [-0.25, -0.2) is 9.37 Å². The molecule has 0 radical (unpaired) electrons. The number of rotatable bonds is 9. The summed E-state index contributed by atoms with van der Waals surface area (Å²) in [6.45, 7) is 4.70. The van der Waals surface area contributed by atoms with Crippen LogP contribution in [0.1, 0.15) is 36.5 Å². The van der Waals surface area contributed by atoms with Crippen molar-refractivity contribution in [1.82, 2.24) is 14.8 Å². The molecule has 2 aliphatic rings. The Morgan fingerprint density at radius 1 is 1.25 bits per heavy atom. The van der Waals surface area contributed by atoms with Crippen LogP contribution in [0.25, 0.3) is 10.9 Å². The van der Waals surface area contributed by atoms with Crippen molar-refractivity contribution in [3.8, 4) is 0 Å². The Hall–Kier alpha value is -3.44. The van der Waals surface area contributed by atoms with Gasteiger partial charge in [0.15, 0.2) is 17.5 Å². The lowest BCUT2D eigenvalue weighted by Gasteiger charge is -2.27. The minimum absolute atomic E-state index is 0.0303. The molecule has 2 atom stereocenters. The molecule has 2 aromatic heterocycles. The second-order valence-electron chi connectivity index (χ2n) is 9.77. The number of morpholine rings is 1. The third-order valence-electron chi connectivity index (χ3n) is 6.89. The van der Waals surface area contributed by atoms with Crippen LogP contribution >= 0.6 is 0 Å². The second kappa shape index (κ2) is 9.90. The van der Waals surface area contributed by atoms with E-state index in [4.69, 9.17) is 21.3 Å². The Morgan fingerprint density at radius 3 is 2.67 bits per heavy atom. The maximum absolute atomic E-state index is 14.9. The van der Waals surface area contributed by atoms with Gasteiger partial charge >= 0.3 is 0 Å². The fourth-order valence-electron chi connectivity index (χ4n) is 4.64. The van der Waals surface area contributed by atoms with Gasteiger partial charge in [0.25, 0.3) is 5.91 Å². The normalized spacial score (nSPS) is 17.7. The van der Waals surface area contributed by atoms with E-state index in [1.807, 2.05) is 36.9 Å². The Kier molecular flexibility index (Phi) is 6.67. The molecule has 1 aromatic carbocycles. The number of nitrogens with one attached hydrogen (secondary N) is 2. The van der Waals surface area contributed by atoms with Gasteiger partial charge in [-0.3, -0.25) is 9.48 Å². The molecule has 3 aromatic rings. The van der Waals surface area contributed by atoms with Gasteiger partial charge in [0.2, 0.25) is 0 Å². The number of benzene rings is 1. The van der Waals surface area contributed by atoms with Crippen molar-refractivity contribution >= 4 is 40.0 Å². The molecule has 192 valence electrons. The molecule has 0 spiro atoms. The number of pyridine rings is 1. The molecule has 0 bridgehead atoms. The van der Waals surface area contributed by atoms with Crippen molar-refractivity contribution < 1.29 is 13.9 Å². The highest BCUT2D eigenvalue weighted by molar-refractivity contribution is 5.99. The molecule has 6 N–H and O–H groups in total. The van der Waals surface area contributed by atoms with E-state index in [0.717, 1.165) is 55.1 Å². The molecule has 10 nitrogen and oxygen atoms in total. The number of aromatic nitrogens is 3. The molecule has 2 fully saturated rings. The van der Waals surface area contributed by atoms with E-state index in [0.29, 0.717) is 24.8 Å². The summed E-state index contributed by atoms with van der Waals surface area (Å²) in [7, 11) is 1.90. The topological polar surface area (TPSA) is 136 Å². The molecule has 5 rings (SSSR count). The maximum Gasteiger partial charge on any atom is 0.252 e. The van der Waals surface area contributed by atoms with Crippen molar-refractivity contribution in [3.63, 3.8) is 0 Å². The number of ether oxygens (including phenoxy) is 1. The molecular weight excluding hydrogens is 463 g/mol. The minimum atomic E-state index is -0.770. The standard InChI is InChI=1S/C25H33FN8O2/c1-14(27)20(11-15-3-4-15)30-24-19(26)13-18(22(28)35)23(31-24)29-16-5-6-21-17(12-16)25(32-33(21)2)34-7-9-36-10-8-34/h5-6,12-15,20H,3-4,7-11,27H2,1-2H3,(H2,28,35)(H2,29,30,31)/t14-,20+/m0/s1. The summed E-state index contributed by atoms with van der Waals surface area (Å²) in [5.74, 6) is 0.274. The van der Waals surface area contributed by atoms with E-state index in [1.54, 1.807) is 0 Å². The highest BCUT2D eigenvalue weighted by atomic mass is 19.1. The Bertz CT molecular complexity index is 1270. The van der Waals surface area contributed by atoms with E-state index >= 15 is 0 Å². The number of nitrogens with zero attached hydrogens (tertiary/aromatic N) is 4. The van der Waals surface area contributed by atoms with Crippen molar-refractivity contribution in [3.05, 3.63) is 35.6 Å². The minimum Gasteiger partial charge on any atom is -0.378 e. The van der Waals surface area contributed by atoms with E-state index in [1.165, 1.54) is 0 Å². The summed E-state index contributed by atoms with van der Waals surface area (Å²) in [6, 6.07) is 6.57. The number of carbonyl (C=O) groups excluding carboxylic acids is 1. The summed E-state index contributed by atoms with van der Waals surface area (Å²) < 4.78 is 22.3. The average molecular weight is 497 g/mol. The van der Waals surface area contributed by atoms with Gasteiger partial charge in [0.1, 0.15) is 5.82 Å². The van der Waals surface area contributed by atoms with Crippen LogP contribution in [0, 0.1) is 11.7 Å². The molecule has 1 saturated carbocycles. The molecule has 0 unspecified atom stereocenters. The van der Waals surface area contributed by atoms with E-state index in [-0.39, 0.29) is 29.3 Å². The Morgan fingerprint density at radius 2 is 2.00 bits per heavy atom. The third-order valence-corrected chi connectivity index (χ3v) is 6.89. The first-order valence-corrected chi connectivity index (χ1v) is 12.4. The zero-order valence-corrected chi connectivity index (χ0v) is 20.6. The van der Waals surface area contributed by atoms with Crippen LogP contribution < -0.4 is 27.0 Å². The lowest BCUT2D eigenvalue weighted by molar-refractivity contribution is 0.100. The molecular formula is C25H33FN8O2. The van der Waals surface area contributed by atoms with Crippen molar-refractivity contribution in [2.24, 2.45) is 24.4 Å². The largest absolute Gasteiger partial charge is 0.378 e. The number of aryl methyl sites for hydroxylation is 1. The quantitative estimate of drug-likeness (QED) is 0.355. The van der Waals surface area contributed by atoms with E-state index < -0.39 is 11.7 Å². The summed E-state index contributed by atoms with van der Waals surface area (Å²) in [6.07, 6.45) is 3.18. The first-order valence-electron chi connectivity index (χ1n) is 12.4. The van der Waals surface area contributed by atoms with Gasteiger partial charge in [0, 0.05) is 43.3 Å². The number of halogens is 1. The summed E-state index contributed by atoms with van der Waals surface area (Å²) in [5.41, 5.74) is 13.3. The highest BCUT2D eigenvalue weighted by Gasteiger charge is 2.28. The number of nitrogens with two attached hydrogens (primary N) is 2. The van der Waals surface area contributed by atoms with Gasteiger partial charge in [-0.2, -0.15) is 5.10 Å². The zero-order valence-electron chi connectivity index (χ0n) is 20.6. The van der Waals surface area contributed by atoms with Crippen LogP contribution in [0.3, 0.4) is 0 Å². The zero-order chi connectivity index (χ0) is 25.4. The average Bonchev–Trinajstić information content (AvgIpc) is 3.62. The van der Waals surface area contributed by atoms with Gasteiger partial charge in [-0.1, -0.05) is 12.8 Å². The molecule has 11 heteroatoms. The number of amides is 1. The summed E-state index contributed by atoms with van der Waals surface area (Å²) >= 11 is 0. The van der Waals surface area contributed by atoms with Gasteiger partial charge in [-0.05, 0) is 43.5 Å². The van der Waals surface area contributed by atoms with Crippen LogP contribution in [0.2, 0.25) is 0 Å². The number of fused-ring (bicyclic) bond motifs is 1. The Balaban J connectivity index is 1.47. The third kappa shape index (κ3) is 5.07. The SMILES string of the molecule is C[C@H](N)[C@@H](CC1CC1)Nc1nc(Nc2ccc3c(c2)c(N2CCOCC2)nn3C)c(C(N)=O)cc1F. The fourth-order valence-corrected chi connectivity index (χ4v) is 4.64. The predicted molar refractivity (Wildman–Crippen MR) is 138 cm³/mol. The van der Waals surface area contributed by atoms with Crippen molar-refractivity contribution in [2.45, 2.75) is 38.3 Å². The number of hydrogen-bond acceptors (Lipinski definition) is 8. The van der Waals surface area contributed by atoms with Gasteiger partial charge in [0.05, 0.1) is 24.3 Å². The molecule has 1 amide bonds. The number of anilines is 4. The maximum atomic E-state index is 14.9. The van der Waals surface area contributed by atoms with Crippen LogP contribution in [-0.2, 0) is 11.8 Å². The van der Waals surface area contributed by atoms with Gasteiger partial charge < -0.3 is 31.7 Å². The first kappa shape index (κ1) is 24.3. The monoisotopic (exact) mass is 496 g/mol. The molecule has 36 heavy (non-hydrogen) atoms. The number of carbonyl (C=O) groups is 1. The predicted octanol–water partition coefficient (Wildman–Crippen LogP) is 2.71. The summed E-state index contributed by atoms with van der Waals surface area (Å²) in [4.78, 5) is 18.8. The highest BCUT2D eigenvalue weighted by Crippen LogP contribution is 2.35. The molecule has 3 heterocycles.